The molecule has 0 amide bonds. The minimum atomic E-state index is -0.576. The normalized spacial score (nSPS) is 29.3. The summed E-state index contributed by atoms with van der Waals surface area (Å²) in [7, 11) is 0. The van der Waals surface area contributed by atoms with Gasteiger partial charge in [-0.1, -0.05) is 6.07 Å². The topological polar surface area (TPSA) is 145 Å². The number of carbonyl (C=O) groups excluding carboxylic acids is 1. The number of nitrogens with zero attached hydrogens (tertiary/aromatic N) is 3. The first-order valence-corrected chi connectivity index (χ1v) is 16.8. The van der Waals surface area contributed by atoms with Crippen molar-refractivity contribution in [2.24, 2.45) is 28.5 Å². The number of aliphatic hydroxyl groups excluding tert-OH is 1. The molecule has 6 rings (SSSR count). The molecule has 4 bridgehead atoms. The number of aliphatic imine (C=N–C) groups is 1. The van der Waals surface area contributed by atoms with Crippen LogP contribution in [-0.4, -0.2) is 109 Å². The van der Waals surface area contributed by atoms with Crippen LogP contribution >= 0.6 is 0 Å². The maximum atomic E-state index is 11.9. The Morgan fingerprint density at radius 2 is 1.86 bits per heavy atom. The fourth-order valence-electron chi connectivity index (χ4n) is 7.53. The highest BCUT2D eigenvalue weighted by molar-refractivity contribution is 5.77. The smallest absolute Gasteiger partial charge is 0.302 e. The molecule has 3 fully saturated rings. The van der Waals surface area contributed by atoms with Crippen LogP contribution in [0.2, 0.25) is 0 Å². The van der Waals surface area contributed by atoms with Crippen LogP contribution in [0.25, 0.3) is 0 Å². The number of carbonyl (C=O) groups is 1. The molecule has 0 spiro atoms. The van der Waals surface area contributed by atoms with Gasteiger partial charge in [-0.3, -0.25) is 9.69 Å². The highest BCUT2D eigenvalue weighted by Crippen LogP contribution is 2.31. The predicted molar refractivity (Wildman–Crippen MR) is 171 cm³/mol. The zero-order valence-electron chi connectivity index (χ0n) is 26.5. The lowest BCUT2D eigenvalue weighted by molar-refractivity contribution is -0.148. The van der Waals surface area contributed by atoms with Gasteiger partial charge in [0, 0.05) is 46.1 Å². The second kappa shape index (κ2) is 16.1. The van der Waals surface area contributed by atoms with Gasteiger partial charge in [-0.15, -0.1) is 0 Å². The van der Waals surface area contributed by atoms with Crippen molar-refractivity contribution in [3.05, 3.63) is 23.8 Å². The molecule has 0 aromatic heterocycles. The lowest BCUT2D eigenvalue weighted by Gasteiger charge is -2.45. The van der Waals surface area contributed by atoms with Crippen LogP contribution in [0.5, 0.6) is 11.5 Å². The standard InChI is InChI=1S/C33H54N6O5/c1-23(40)43-30(6-3-24-4-7-31(42)32(15-24)44-29-8-11-35-12-9-29)16-28(41)5-2-25-10-13-38-18-26-14-27(19-38)21-39(20-26)22-37-33(34)36-17-25/h4,7,15,25-30,35,41-42H,2-3,5-6,8-14,16-22H2,1H3,(H3,34,36,37). The van der Waals surface area contributed by atoms with E-state index in [2.05, 4.69) is 25.4 Å². The number of fused-ring (bicyclic) bond motifs is 6. The molecule has 11 nitrogen and oxygen atoms in total. The number of hydrogen-bond donors (Lipinski definition) is 5. The maximum Gasteiger partial charge on any atom is 0.302 e. The zero-order valence-corrected chi connectivity index (χ0v) is 26.5. The predicted octanol–water partition coefficient (Wildman–Crippen LogP) is 2.05. The number of guanidine groups is 1. The lowest BCUT2D eigenvalue weighted by atomic mass is 9.84. The third-order valence-electron chi connectivity index (χ3n) is 9.73. The van der Waals surface area contributed by atoms with Gasteiger partial charge < -0.3 is 41.0 Å². The molecule has 1 aromatic rings. The van der Waals surface area contributed by atoms with Crippen molar-refractivity contribution in [1.29, 1.82) is 0 Å². The Kier molecular flexibility index (Phi) is 12.0. The molecule has 5 unspecified atom stereocenters. The van der Waals surface area contributed by atoms with Gasteiger partial charge in [0.15, 0.2) is 17.5 Å². The van der Waals surface area contributed by atoms with Crippen LogP contribution < -0.4 is 21.1 Å². The summed E-state index contributed by atoms with van der Waals surface area (Å²) < 4.78 is 11.7. The number of rotatable bonds is 11. The number of hydrogen-bond acceptors (Lipinski definition) is 11. The Morgan fingerprint density at radius 1 is 1.11 bits per heavy atom. The van der Waals surface area contributed by atoms with E-state index in [9.17, 15) is 15.0 Å². The van der Waals surface area contributed by atoms with E-state index in [1.165, 1.54) is 13.3 Å². The SMILES string of the molecule is CC(=O)OC(CCc1ccc(O)c(OC2CCNCC2)c1)CC(O)CCC1CCN2CC3CC(C2)CN(CN=C(N)NC1)C3. The molecule has 1 aromatic carbocycles. The summed E-state index contributed by atoms with van der Waals surface area (Å²) in [6.07, 6.45) is 6.42. The monoisotopic (exact) mass is 614 g/mol. The summed E-state index contributed by atoms with van der Waals surface area (Å²) in [6.45, 7) is 10.2. The van der Waals surface area contributed by atoms with Crippen molar-refractivity contribution in [3.8, 4) is 11.5 Å². The van der Waals surface area contributed by atoms with Crippen LogP contribution in [-0.2, 0) is 16.0 Å². The molecule has 5 aliphatic rings. The Labute approximate surface area is 262 Å². The van der Waals surface area contributed by atoms with Crippen molar-refractivity contribution in [3.63, 3.8) is 0 Å². The molecule has 5 aliphatic heterocycles. The molecule has 6 N–H and O–H groups in total. The van der Waals surface area contributed by atoms with E-state index in [1.54, 1.807) is 6.07 Å². The van der Waals surface area contributed by atoms with E-state index in [4.69, 9.17) is 15.2 Å². The van der Waals surface area contributed by atoms with E-state index >= 15 is 0 Å². The second-order valence-electron chi connectivity index (χ2n) is 13.6. The van der Waals surface area contributed by atoms with Crippen LogP contribution in [0.4, 0.5) is 0 Å². The fourth-order valence-corrected chi connectivity index (χ4v) is 7.53. The first-order valence-electron chi connectivity index (χ1n) is 16.8. The zero-order chi connectivity index (χ0) is 30.9. The molecule has 44 heavy (non-hydrogen) atoms. The van der Waals surface area contributed by atoms with Gasteiger partial charge >= 0.3 is 5.97 Å². The van der Waals surface area contributed by atoms with Gasteiger partial charge in [0.05, 0.1) is 12.8 Å². The average molecular weight is 615 g/mol. The molecular weight excluding hydrogens is 560 g/mol. The fraction of sp³-hybridized carbons (Fsp3) is 0.758. The maximum absolute atomic E-state index is 11.9. The quantitative estimate of drug-likeness (QED) is 0.235. The molecule has 3 saturated heterocycles. The molecule has 11 heteroatoms. The summed E-state index contributed by atoms with van der Waals surface area (Å²) in [5, 5.41) is 28.1. The van der Waals surface area contributed by atoms with E-state index in [0.717, 1.165) is 83.6 Å². The van der Waals surface area contributed by atoms with Crippen LogP contribution in [0.1, 0.15) is 63.9 Å². The third kappa shape index (κ3) is 10.2. The molecular formula is C33H54N6O5. The number of phenolic OH excluding ortho intramolecular Hbond substituents is 1. The molecule has 246 valence electrons. The van der Waals surface area contributed by atoms with E-state index in [0.29, 0.717) is 61.8 Å². The number of nitrogens with two attached hydrogens (primary N) is 1. The summed E-state index contributed by atoms with van der Waals surface area (Å²) in [5.74, 6) is 2.57. The first-order chi connectivity index (χ1) is 21.3. The van der Waals surface area contributed by atoms with E-state index < -0.39 is 12.2 Å². The van der Waals surface area contributed by atoms with Crippen molar-refractivity contribution >= 4 is 11.9 Å². The summed E-state index contributed by atoms with van der Waals surface area (Å²) in [4.78, 5) is 21.6. The number of aryl methyl sites for hydroxylation is 1. The van der Waals surface area contributed by atoms with Crippen LogP contribution in [0.3, 0.4) is 0 Å². The van der Waals surface area contributed by atoms with Gasteiger partial charge in [0.2, 0.25) is 0 Å². The number of piperidine rings is 3. The summed E-state index contributed by atoms with van der Waals surface area (Å²) in [6, 6.07) is 5.44. The van der Waals surface area contributed by atoms with Crippen LogP contribution in [0.15, 0.2) is 23.2 Å². The number of nitrogens with one attached hydrogen (secondary N) is 2. The van der Waals surface area contributed by atoms with E-state index in [1.807, 2.05) is 12.1 Å². The van der Waals surface area contributed by atoms with Gasteiger partial charge in [-0.2, -0.15) is 0 Å². The number of aliphatic hydroxyl groups is 1. The van der Waals surface area contributed by atoms with Crippen molar-refractivity contribution < 1.29 is 24.5 Å². The number of aromatic hydroxyl groups is 1. The van der Waals surface area contributed by atoms with Gasteiger partial charge in [0.25, 0.3) is 0 Å². The average Bonchev–Trinajstić information content (AvgIpc) is 3.00. The summed E-state index contributed by atoms with van der Waals surface area (Å²) >= 11 is 0. The summed E-state index contributed by atoms with van der Waals surface area (Å²) in [5.41, 5.74) is 7.23. The van der Waals surface area contributed by atoms with Crippen molar-refractivity contribution in [1.82, 2.24) is 20.4 Å². The molecule has 0 saturated carbocycles. The number of esters is 1. The van der Waals surface area contributed by atoms with Gasteiger partial charge in [0.1, 0.15) is 12.2 Å². The van der Waals surface area contributed by atoms with Crippen molar-refractivity contribution in [2.75, 3.05) is 59.0 Å². The molecule has 5 heterocycles. The third-order valence-corrected chi connectivity index (χ3v) is 9.73. The highest BCUT2D eigenvalue weighted by Gasteiger charge is 2.34. The van der Waals surface area contributed by atoms with Crippen LogP contribution in [0, 0.1) is 17.8 Å². The number of phenols is 1. The lowest BCUT2D eigenvalue weighted by Crippen LogP contribution is -2.52. The highest BCUT2D eigenvalue weighted by atomic mass is 16.5. The Hall–Kier alpha value is -2.60. The van der Waals surface area contributed by atoms with Gasteiger partial charge in [-0.25, -0.2) is 4.99 Å². The number of benzene rings is 1. The van der Waals surface area contributed by atoms with E-state index in [-0.39, 0.29) is 17.8 Å². The van der Waals surface area contributed by atoms with Gasteiger partial charge in [-0.05, 0) is 106 Å². The Balaban J connectivity index is 1.12. The molecule has 5 atom stereocenters. The Morgan fingerprint density at radius 3 is 2.61 bits per heavy atom. The first kappa shape index (κ1) is 32.8. The molecule has 0 aliphatic carbocycles. The Bertz CT molecular complexity index is 1080. The number of ether oxygens (including phenoxy) is 2. The minimum Gasteiger partial charge on any atom is -0.504 e. The molecule has 0 radical (unpaired) electrons. The second-order valence-corrected chi connectivity index (χ2v) is 13.6. The van der Waals surface area contributed by atoms with Crippen molar-refractivity contribution in [2.45, 2.75) is 83.0 Å². The largest absolute Gasteiger partial charge is 0.504 e. The minimum absolute atomic E-state index is 0.0886.